The molecule has 3 aliphatic heterocycles. The van der Waals surface area contributed by atoms with Gasteiger partial charge in [-0.1, -0.05) is 13.0 Å². The standard InChI is InChI=1S/C24H30F2O4/c1-20-6-3-17-15(16(20)4-8-23(20)18(19(25)26)5-11-29-23)2-7-21-14-22(27-12-13-28-22)9-10-24(17,21)30-21/h3,15-16H,2,4-14H2,1H3/t15?,16?,20-,21+,23+,24+/m0/s1. The van der Waals surface area contributed by atoms with E-state index in [1.807, 2.05) is 0 Å². The number of hydrogen-bond acceptors (Lipinski definition) is 4. The molecule has 7 rings (SSSR count). The molecule has 30 heavy (non-hydrogen) atoms. The van der Waals surface area contributed by atoms with E-state index in [0.717, 1.165) is 51.4 Å². The molecule has 0 aromatic rings. The van der Waals surface area contributed by atoms with Gasteiger partial charge in [0.15, 0.2) is 5.79 Å². The van der Waals surface area contributed by atoms with E-state index in [4.69, 9.17) is 18.9 Å². The maximum absolute atomic E-state index is 13.9. The lowest BCUT2D eigenvalue weighted by Gasteiger charge is -2.52. The van der Waals surface area contributed by atoms with Gasteiger partial charge in [0.05, 0.1) is 19.8 Å². The zero-order valence-electron chi connectivity index (χ0n) is 17.6. The van der Waals surface area contributed by atoms with Crippen molar-refractivity contribution in [3.63, 3.8) is 0 Å². The quantitative estimate of drug-likeness (QED) is 0.413. The molecule has 0 aromatic heterocycles. The molecule has 0 amide bonds. The molecule has 164 valence electrons. The number of ether oxygens (including phenoxy) is 4. The molecule has 3 heterocycles. The first-order chi connectivity index (χ1) is 14.4. The average Bonchev–Trinajstić information content (AvgIpc) is 3.05. The fourth-order valence-corrected chi connectivity index (χ4v) is 8.93. The summed E-state index contributed by atoms with van der Waals surface area (Å²) in [6.45, 7) is 4.00. The van der Waals surface area contributed by atoms with Crippen LogP contribution in [0.1, 0.15) is 64.7 Å². The van der Waals surface area contributed by atoms with Crippen molar-refractivity contribution in [3.8, 4) is 0 Å². The van der Waals surface area contributed by atoms with Crippen molar-refractivity contribution in [2.24, 2.45) is 17.3 Å². The second-order valence-electron chi connectivity index (χ2n) is 10.9. The predicted molar refractivity (Wildman–Crippen MR) is 104 cm³/mol. The Morgan fingerprint density at radius 1 is 0.967 bits per heavy atom. The Balaban J connectivity index is 1.25. The van der Waals surface area contributed by atoms with Gasteiger partial charge in [-0.15, -0.1) is 0 Å². The predicted octanol–water partition coefficient (Wildman–Crippen LogP) is 4.89. The smallest absolute Gasteiger partial charge is 0.272 e. The van der Waals surface area contributed by atoms with Gasteiger partial charge < -0.3 is 18.9 Å². The number of allylic oxidation sites excluding steroid dienone is 1. The Morgan fingerprint density at radius 2 is 1.80 bits per heavy atom. The molecule has 4 nitrogen and oxygen atoms in total. The summed E-state index contributed by atoms with van der Waals surface area (Å²) in [6, 6.07) is 0. The molecule has 6 heteroatoms. The third-order valence-electron chi connectivity index (χ3n) is 10.2. The molecule has 0 bridgehead atoms. The Labute approximate surface area is 175 Å². The molecule has 6 atom stereocenters. The lowest BCUT2D eigenvalue weighted by molar-refractivity contribution is -0.185. The third kappa shape index (κ3) is 1.93. The molecule has 6 fully saturated rings. The van der Waals surface area contributed by atoms with E-state index in [0.29, 0.717) is 38.1 Å². The van der Waals surface area contributed by atoms with E-state index in [1.165, 1.54) is 5.57 Å². The molecule has 0 radical (unpaired) electrons. The van der Waals surface area contributed by atoms with E-state index in [-0.39, 0.29) is 22.2 Å². The average molecular weight is 420 g/mol. The Hall–Kier alpha value is -0.820. The van der Waals surface area contributed by atoms with Gasteiger partial charge in [0, 0.05) is 30.3 Å². The van der Waals surface area contributed by atoms with Crippen molar-refractivity contribution >= 4 is 0 Å². The van der Waals surface area contributed by atoms with E-state index in [2.05, 4.69) is 13.0 Å². The van der Waals surface area contributed by atoms with Crippen molar-refractivity contribution in [2.45, 2.75) is 87.3 Å². The van der Waals surface area contributed by atoms with Crippen LogP contribution in [0.4, 0.5) is 8.78 Å². The SMILES string of the molecule is C[C@]12CC=C3C(CC[C@@]45CC6(CC[C@@]34O5)OCCO6)C1CC[C@]21OCCC1=C(F)F. The Kier molecular flexibility index (Phi) is 3.47. The monoisotopic (exact) mass is 420 g/mol. The molecule has 2 unspecified atom stereocenters. The van der Waals surface area contributed by atoms with E-state index in [1.54, 1.807) is 0 Å². The number of hydrogen-bond donors (Lipinski definition) is 0. The maximum atomic E-state index is 13.9. The van der Waals surface area contributed by atoms with Gasteiger partial charge in [0.2, 0.25) is 0 Å². The molecular formula is C24H30F2O4. The first kappa shape index (κ1) is 18.7. The first-order valence-corrected chi connectivity index (χ1v) is 11.8. The van der Waals surface area contributed by atoms with Crippen molar-refractivity contribution in [2.75, 3.05) is 19.8 Å². The normalized spacial score (nSPS) is 52.6. The minimum absolute atomic E-state index is 0.137. The summed E-state index contributed by atoms with van der Waals surface area (Å²) in [5.74, 6) is 0.368. The van der Waals surface area contributed by atoms with Crippen LogP contribution >= 0.6 is 0 Å². The van der Waals surface area contributed by atoms with Crippen LogP contribution in [0.2, 0.25) is 0 Å². The van der Waals surface area contributed by atoms with Gasteiger partial charge in [-0.05, 0) is 55.9 Å². The van der Waals surface area contributed by atoms with E-state index < -0.39 is 17.5 Å². The third-order valence-corrected chi connectivity index (χ3v) is 10.2. The van der Waals surface area contributed by atoms with Crippen molar-refractivity contribution < 1.29 is 27.7 Å². The van der Waals surface area contributed by atoms with Crippen LogP contribution in [0.15, 0.2) is 23.3 Å². The molecule has 3 saturated heterocycles. The summed E-state index contributed by atoms with van der Waals surface area (Å²) >= 11 is 0. The molecule has 0 N–H and O–H groups in total. The summed E-state index contributed by atoms with van der Waals surface area (Å²) in [6.07, 6.45) is 8.49. The fourth-order valence-electron chi connectivity index (χ4n) is 8.93. The lowest BCUT2D eigenvalue weighted by Crippen LogP contribution is -2.54. The minimum atomic E-state index is -1.51. The highest BCUT2D eigenvalue weighted by Gasteiger charge is 2.80. The topological polar surface area (TPSA) is 40.2 Å². The largest absolute Gasteiger partial charge is 0.369 e. The van der Waals surface area contributed by atoms with Gasteiger partial charge in [-0.2, -0.15) is 8.78 Å². The van der Waals surface area contributed by atoms with Crippen LogP contribution in [0, 0.1) is 17.3 Å². The zero-order valence-corrected chi connectivity index (χ0v) is 17.6. The van der Waals surface area contributed by atoms with E-state index in [9.17, 15) is 8.78 Å². The van der Waals surface area contributed by atoms with Crippen molar-refractivity contribution in [1.82, 2.24) is 0 Å². The van der Waals surface area contributed by atoms with Crippen LogP contribution in [-0.4, -0.2) is 42.4 Å². The molecule has 0 aromatic carbocycles. The Bertz CT molecular complexity index is 874. The molecule has 3 saturated carbocycles. The van der Waals surface area contributed by atoms with Crippen LogP contribution < -0.4 is 0 Å². The van der Waals surface area contributed by atoms with Gasteiger partial charge in [-0.25, -0.2) is 0 Å². The molecule has 2 spiro atoms. The molecule has 4 aliphatic carbocycles. The fraction of sp³-hybridized carbons (Fsp3) is 0.833. The second-order valence-corrected chi connectivity index (χ2v) is 10.9. The number of epoxide rings is 1. The van der Waals surface area contributed by atoms with Gasteiger partial charge in [0.1, 0.15) is 16.8 Å². The second kappa shape index (κ2) is 5.56. The maximum Gasteiger partial charge on any atom is 0.272 e. The van der Waals surface area contributed by atoms with Crippen LogP contribution in [-0.2, 0) is 18.9 Å². The summed E-state index contributed by atoms with van der Waals surface area (Å²) in [5, 5.41) is 0. The number of rotatable bonds is 0. The lowest BCUT2D eigenvalue weighted by atomic mass is 9.52. The van der Waals surface area contributed by atoms with Gasteiger partial charge in [-0.3, -0.25) is 0 Å². The van der Waals surface area contributed by atoms with Gasteiger partial charge >= 0.3 is 0 Å². The molecular weight excluding hydrogens is 390 g/mol. The summed E-state index contributed by atoms with van der Waals surface area (Å²) < 4.78 is 52.6. The minimum Gasteiger partial charge on any atom is -0.369 e. The molecule has 7 aliphatic rings. The van der Waals surface area contributed by atoms with Crippen LogP contribution in [0.25, 0.3) is 0 Å². The van der Waals surface area contributed by atoms with Gasteiger partial charge in [0.25, 0.3) is 6.08 Å². The summed E-state index contributed by atoms with van der Waals surface area (Å²) in [4.78, 5) is 0. The van der Waals surface area contributed by atoms with Crippen LogP contribution in [0.3, 0.4) is 0 Å². The number of fused-ring (bicyclic) bond motifs is 4. The first-order valence-electron chi connectivity index (χ1n) is 11.8. The number of halogens is 2. The highest BCUT2D eigenvalue weighted by atomic mass is 19.3. The van der Waals surface area contributed by atoms with Crippen molar-refractivity contribution in [1.29, 1.82) is 0 Å². The zero-order chi connectivity index (χ0) is 20.4. The highest BCUT2D eigenvalue weighted by Crippen LogP contribution is 2.75. The highest BCUT2D eigenvalue weighted by molar-refractivity contribution is 5.45. The van der Waals surface area contributed by atoms with Crippen LogP contribution in [0.5, 0.6) is 0 Å². The summed E-state index contributed by atoms with van der Waals surface area (Å²) in [7, 11) is 0. The van der Waals surface area contributed by atoms with Crippen molar-refractivity contribution in [3.05, 3.63) is 23.3 Å². The Morgan fingerprint density at radius 3 is 2.60 bits per heavy atom. The van der Waals surface area contributed by atoms with E-state index >= 15 is 0 Å². The summed E-state index contributed by atoms with van der Waals surface area (Å²) in [5.41, 5.74) is 0.430.